The van der Waals surface area contributed by atoms with Gasteiger partial charge in [0, 0.05) is 17.1 Å². The molecule has 1 fully saturated rings. The van der Waals surface area contributed by atoms with Gasteiger partial charge in [-0.05, 0) is 38.0 Å². The van der Waals surface area contributed by atoms with Crippen LogP contribution < -0.4 is 10.6 Å². The zero-order valence-corrected chi connectivity index (χ0v) is 15.9. The van der Waals surface area contributed by atoms with Crippen molar-refractivity contribution in [2.75, 3.05) is 5.32 Å². The number of carbonyl (C=O) groups excluding carboxylic acids is 3. The first-order valence-corrected chi connectivity index (χ1v) is 9.09. The molecule has 0 heterocycles. The Hall–Kier alpha value is -2.37. The third-order valence-corrected chi connectivity index (χ3v) is 4.39. The summed E-state index contributed by atoms with van der Waals surface area (Å²) in [7, 11) is 0. The molecule has 142 valence electrons. The molecule has 0 saturated heterocycles. The molecule has 2 rings (SSSR count). The summed E-state index contributed by atoms with van der Waals surface area (Å²) in [5.74, 6) is -1.01. The second kappa shape index (κ2) is 8.34. The van der Waals surface area contributed by atoms with Gasteiger partial charge in [-0.25, -0.2) is 4.79 Å². The standard InChI is InChI=1S/C20H28N2O4/c1-13(17(23)21-15-9-5-6-10-15)26-18(24)14-8-7-11-16(12-14)22-19(25)20(2,3)4/h7-8,11-13,15H,5-6,9-10H2,1-4H3,(H,21,23)(H,22,25). The molecule has 0 aromatic heterocycles. The summed E-state index contributed by atoms with van der Waals surface area (Å²) in [6.45, 7) is 6.99. The molecule has 1 saturated carbocycles. The maximum Gasteiger partial charge on any atom is 0.338 e. The minimum Gasteiger partial charge on any atom is -0.449 e. The molecule has 2 amide bonds. The van der Waals surface area contributed by atoms with Gasteiger partial charge >= 0.3 is 5.97 Å². The molecule has 0 bridgehead atoms. The highest BCUT2D eigenvalue weighted by Crippen LogP contribution is 2.19. The van der Waals surface area contributed by atoms with E-state index in [0.717, 1.165) is 25.7 Å². The van der Waals surface area contributed by atoms with Crippen molar-refractivity contribution in [3.05, 3.63) is 29.8 Å². The molecule has 1 aliphatic rings. The third-order valence-electron chi connectivity index (χ3n) is 4.39. The van der Waals surface area contributed by atoms with Gasteiger partial charge < -0.3 is 15.4 Å². The first-order valence-electron chi connectivity index (χ1n) is 9.09. The van der Waals surface area contributed by atoms with Gasteiger partial charge in [0.25, 0.3) is 5.91 Å². The molecule has 2 N–H and O–H groups in total. The number of carbonyl (C=O) groups is 3. The van der Waals surface area contributed by atoms with Crippen LogP contribution in [0, 0.1) is 5.41 Å². The number of hydrogen-bond acceptors (Lipinski definition) is 4. The highest BCUT2D eigenvalue weighted by molar-refractivity contribution is 5.97. The molecule has 0 aliphatic heterocycles. The van der Waals surface area contributed by atoms with Crippen LogP contribution in [-0.4, -0.2) is 29.9 Å². The van der Waals surface area contributed by atoms with Crippen LogP contribution in [0.15, 0.2) is 24.3 Å². The van der Waals surface area contributed by atoms with Crippen molar-refractivity contribution in [2.24, 2.45) is 5.41 Å². The van der Waals surface area contributed by atoms with E-state index in [4.69, 9.17) is 4.74 Å². The maximum atomic E-state index is 12.3. The third kappa shape index (κ3) is 5.58. The van der Waals surface area contributed by atoms with E-state index in [0.29, 0.717) is 5.69 Å². The largest absolute Gasteiger partial charge is 0.449 e. The lowest BCUT2D eigenvalue weighted by Crippen LogP contribution is -2.40. The van der Waals surface area contributed by atoms with Crippen molar-refractivity contribution in [3.8, 4) is 0 Å². The van der Waals surface area contributed by atoms with Gasteiger partial charge in [0.1, 0.15) is 0 Å². The first kappa shape index (κ1) is 19.9. The van der Waals surface area contributed by atoms with E-state index < -0.39 is 17.5 Å². The number of nitrogens with one attached hydrogen (secondary N) is 2. The quantitative estimate of drug-likeness (QED) is 0.789. The molecule has 6 heteroatoms. The van der Waals surface area contributed by atoms with Gasteiger partial charge in [0.05, 0.1) is 5.56 Å². The number of amides is 2. The fourth-order valence-corrected chi connectivity index (χ4v) is 2.71. The van der Waals surface area contributed by atoms with Crippen molar-refractivity contribution in [1.29, 1.82) is 0 Å². The van der Waals surface area contributed by atoms with Crippen molar-refractivity contribution in [2.45, 2.75) is 65.5 Å². The summed E-state index contributed by atoms with van der Waals surface area (Å²) in [5, 5.41) is 5.69. The molecule has 1 aliphatic carbocycles. The predicted molar refractivity (Wildman–Crippen MR) is 99.8 cm³/mol. The van der Waals surface area contributed by atoms with Crippen LogP contribution in [0.2, 0.25) is 0 Å². The number of anilines is 1. The summed E-state index contributed by atoms with van der Waals surface area (Å²) in [6, 6.07) is 6.69. The van der Waals surface area contributed by atoms with Crippen molar-refractivity contribution in [3.63, 3.8) is 0 Å². The van der Waals surface area contributed by atoms with E-state index >= 15 is 0 Å². The van der Waals surface area contributed by atoms with Crippen molar-refractivity contribution >= 4 is 23.5 Å². The summed E-state index contributed by atoms with van der Waals surface area (Å²) in [5.41, 5.74) is 0.267. The van der Waals surface area contributed by atoms with Crippen LogP contribution in [0.5, 0.6) is 0 Å². The van der Waals surface area contributed by atoms with Gasteiger partial charge in [0.15, 0.2) is 6.10 Å². The number of esters is 1. The molecule has 1 unspecified atom stereocenters. The van der Waals surface area contributed by atoms with Crippen LogP contribution in [0.1, 0.15) is 63.7 Å². The lowest BCUT2D eigenvalue weighted by molar-refractivity contribution is -0.129. The molecular formula is C20H28N2O4. The number of benzene rings is 1. The lowest BCUT2D eigenvalue weighted by atomic mass is 9.95. The SMILES string of the molecule is CC(OC(=O)c1cccc(NC(=O)C(C)(C)C)c1)C(=O)NC1CCCC1. The Labute approximate surface area is 154 Å². The summed E-state index contributed by atoms with van der Waals surface area (Å²) in [6.07, 6.45) is 3.32. The minimum atomic E-state index is -0.865. The van der Waals surface area contributed by atoms with E-state index in [2.05, 4.69) is 10.6 Å². The predicted octanol–water partition coefficient (Wildman–Crippen LogP) is 3.28. The van der Waals surface area contributed by atoms with E-state index in [-0.39, 0.29) is 23.4 Å². The Kier molecular flexibility index (Phi) is 6.40. The average Bonchev–Trinajstić information content (AvgIpc) is 3.07. The molecule has 6 nitrogen and oxygen atoms in total. The summed E-state index contributed by atoms with van der Waals surface area (Å²) < 4.78 is 5.27. The molecule has 0 radical (unpaired) electrons. The molecule has 1 aromatic carbocycles. The Balaban J connectivity index is 1.95. The molecule has 1 aromatic rings. The normalized spacial score (nSPS) is 16.0. The van der Waals surface area contributed by atoms with Gasteiger partial charge in [-0.2, -0.15) is 0 Å². The Morgan fingerprint density at radius 3 is 2.42 bits per heavy atom. The maximum absolute atomic E-state index is 12.3. The Morgan fingerprint density at radius 2 is 1.81 bits per heavy atom. The fraction of sp³-hybridized carbons (Fsp3) is 0.550. The topological polar surface area (TPSA) is 84.5 Å². The van der Waals surface area contributed by atoms with Crippen LogP contribution >= 0.6 is 0 Å². The smallest absolute Gasteiger partial charge is 0.338 e. The van der Waals surface area contributed by atoms with Crippen LogP contribution in [0.3, 0.4) is 0 Å². The second-order valence-corrected chi connectivity index (χ2v) is 7.82. The van der Waals surface area contributed by atoms with Gasteiger partial charge in [-0.3, -0.25) is 9.59 Å². The zero-order chi connectivity index (χ0) is 19.3. The number of hydrogen-bond donors (Lipinski definition) is 2. The van der Waals surface area contributed by atoms with Crippen molar-refractivity contribution in [1.82, 2.24) is 5.32 Å². The van der Waals surface area contributed by atoms with E-state index in [1.807, 2.05) is 20.8 Å². The van der Waals surface area contributed by atoms with E-state index in [1.165, 1.54) is 0 Å². The zero-order valence-electron chi connectivity index (χ0n) is 15.9. The van der Waals surface area contributed by atoms with E-state index in [9.17, 15) is 14.4 Å². The molecule has 1 atom stereocenters. The number of rotatable bonds is 5. The Morgan fingerprint density at radius 1 is 1.15 bits per heavy atom. The highest BCUT2D eigenvalue weighted by Gasteiger charge is 2.24. The fourth-order valence-electron chi connectivity index (χ4n) is 2.71. The van der Waals surface area contributed by atoms with Gasteiger partial charge in [-0.15, -0.1) is 0 Å². The minimum absolute atomic E-state index is 0.146. The van der Waals surface area contributed by atoms with E-state index in [1.54, 1.807) is 31.2 Å². The second-order valence-electron chi connectivity index (χ2n) is 7.82. The average molecular weight is 360 g/mol. The van der Waals surface area contributed by atoms with Crippen LogP contribution in [-0.2, 0) is 14.3 Å². The van der Waals surface area contributed by atoms with Gasteiger partial charge in [-0.1, -0.05) is 39.7 Å². The first-order chi connectivity index (χ1) is 12.2. The molecular weight excluding hydrogens is 332 g/mol. The van der Waals surface area contributed by atoms with Crippen molar-refractivity contribution < 1.29 is 19.1 Å². The lowest BCUT2D eigenvalue weighted by Gasteiger charge is -2.18. The van der Waals surface area contributed by atoms with Crippen LogP contribution in [0.4, 0.5) is 5.69 Å². The Bertz CT molecular complexity index is 673. The monoisotopic (exact) mass is 360 g/mol. The van der Waals surface area contributed by atoms with Gasteiger partial charge in [0.2, 0.25) is 5.91 Å². The molecule has 0 spiro atoms. The summed E-state index contributed by atoms with van der Waals surface area (Å²) >= 11 is 0. The number of ether oxygens (including phenoxy) is 1. The van der Waals surface area contributed by atoms with Crippen LogP contribution in [0.25, 0.3) is 0 Å². The highest BCUT2D eigenvalue weighted by atomic mass is 16.5. The summed E-state index contributed by atoms with van der Waals surface area (Å²) in [4.78, 5) is 36.5. The molecule has 26 heavy (non-hydrogen) atoms.